The van der Waals surface area contributed by atoms with E-state index in [0.717, 1.165) is 23.1 Å². The average molecular weight is 618 g/mol. The van der Waals surface area contributed by atoms with Gasteiger partial charge in [-0.2, -0.15) is 4.98 Å². The molecule has 222 valence electrons. The number of nitrogens with one attached hydrogen (secondary N) is 2. The van der Waals surface area contributed by atoms with Gasteiger partial charge < -0.3 is 14.9 Å². The van der Waals surface area contributed by atoms with Gasteiger partial charge in [0.25, 0.3) is 10.0 Å². The molecule has 2 aromatic heterocycles. The normalized spacial score (nSPS) is 12.7. The zero-order valence-corrected chi connectivity index (χ0v) is 25.3. The molecule has 3 N–H and O–H groups in total. The van der Waals surface area contributed by atoms with Gasteiger partial charge in [0.05, 0.1) is 16.4 Å². The number of pyridine rings is 1. The van der Waals surface area contributed by atoms with E-state index in [-0.39, 0.29) is 4.90 Å². The maximum absolute atomic E-state index is 13.0. The fourth-order valence-electron chi connectivity index (χ4n) is 4.48. The predicted octanol–water partition coefficient (Wildman–Crippen LogP) is 5.78. The quantitative estimate of drug-likeness (QED) is 0.150. The van der Waals surface area contributed by atoms with E-state index in [1.165, 1.54) is 12.1 Å². The summed E-state index contributed by atoms with van der Waals surface area (Å²) in [7, 11) is -3.81. The molecule has 1 unspecified atom stereocenters. The zero-order chi connectivity index (χ0) is 30.5. The maximum Gasteiger partial charge on any atom is 0.261 e. The third-order valence-electron chi connectivity index (χ3n) is 7.15. The second kappa shape index (κ2) is 13.0. The average Bonchev–Trinajstić information content (AvgIpc) is 3.52. The summed E-state index contributed by atoms with van der Waals surface area (Å²) >= 11 is 6.02. The largest absolute Gasteiger partial charge is 0.387 e. The van der Waals surface area contributed by atoms with E-state index in [1.54, 1.807) is 42.7 Å². The monoisotopic (exact) mass is 617 g/mol. The topological polar surface area (TPSA) is 130 Å². The molecule has 0 spiro atoms. The van der Waals surface area contributed by atoms with E-state index in [4.69, 9.17) is 16.1 Å². The number of rotatable bonds is 12. The lowest BCUT2D eigenvalue weighted by atomic mass is 9.84. The molecule has 3 aromatic carbocycles. The van der Waals surface area contributed by atoms with Crippen LogP contribution < -0.4 is 10.0 Å². The fraction of sp³-hybridized carbons (Fsp3) is 0.219. The SMILES string of the molecule is CC(C)(c1ccc(Cl)cc1)c1nc(-c2ccc(S(=O)(=O)Nc3ccc(CCNCC(O)c4cccnc4)cc3)cc2)no1. The standard InChI is InChI=1S/C32H32ClN5O4S/c1-32(2,25-9-11-26(33)12-10-25)31-36-30(37-42-31)23-7-15-28(16-8-23)43(40,41)38-27-13-5-22(6-14-27)17-19-35-21-29(39)24-4-3-18-34-20-24/h3-16,18,20,29,35,38-39H,17,19,21H2,1-2H3. The van der Waals surface area contributed by atoms with Crippen molar-refractivity contribution in [1.29, 1.82) is 0 Å². The second-order valence-electron chi connectivity index (χ2n) is 10.6. The number of aliphatic hydroxyl groups is 1. The lowest BCUT2D eigenvalue weighted by Crippen LogP contribution is -2.23. The predicted molar refractivity (Wildman–Crippen MR) is 166 cm³/mol. The molecule has 0 aliphatic heterocycles. The van der Waals surface area contributed by atoms with Gasteiger partial charge in [0.2, 0.25) is 11.7 Å². The van der Waals surface area contributed by atoms with Gasteiger partial charge in [-0.3, -0.25) is 9.71 Å². The minimum atomic E-state index is -3.81. The summed E-state index contributed by atoms with van der Waals surface area (Å²) in [5.74, 6) is 0.801. The van der Waals surface area contributed by atoms with E-state index >= 15 is 0 Å². The Bertz CT molecular complexity index is 1740. The summed E-state index contributed by atoms with van der Waals surface area (Å²) < 4.78 is 34.3. The van der Waals surface area contributed by atoms with Gasteiger partial charge in [-0.15, -0.1) is 0 Å². The van der Waals surface area contributed by atoms with E-state index in [0.29, 0.717) is 41.1 Å². The molecule has 43 heavy (non-hydrogen) atoms. The molecule has 0 saturated heterocycles. The molecule has 0 aliphatic carbocycles. The van der Waals surface area contributed by atoms with Crippen LogP contribution in [-0.2, 0) is 21.9 Å². The molecule has 0 fully saturated rings. The third-order valence-corrected chi connectivity index (χ3v) is 8.80. The molecule has 0 aliphatic rings. The Morgan fingerprint density at radius 1 is 0.977 bits per heavy atom. The van der Waals surface area contributed by atoms with Crippen LogP contribution in [0.3, 0.4) is 0 Å². The Hall–Kier alpha value is -4.09. The Labute approximate surface area is 256 Å². The van der Waals surface area contributed by atoms with Crippen LogP contribution in [0.4, 0.5) is 5.69 Å². The van der Waals surface area contributed by atoms with Crippen LogP contribution in [-0.4, -0.2) is 41.7 Å². The lowest BCUT2D eigenvalue weighted by Gasteiger charge is -2.20. The van der Waals surface area contributed by atoms with Gasteiger partial charge in [0.1, 0.15) is 0 Å². The van der Waals surface area contributed by atoms with E-state index in [2.05, 4.69) is 25.2 Å². The maximum atomic E-state index is 13.0. The van der Waals surface area contributed by atoms with Gasteiger partial charge in [-0.05, 0) is 92.5 Å². The van der Waals surface area contributed by atoms with Crippen molar-refractivity contribution >= 4 is 27.3 Å². The zero-order valence-electron chi connectivity index (χ0n) is 23.7. The number of halogens is 1. The number of aromatic nitrogens is 3. The summed E-state index contributed by atoms with van der Waals surface area (Å²) in [6.45, 7) is 5.04. The lowest BCUT2D eigenvalue weighted by molar-refractivity contribution is 0.174. The summed E-state index contributed by atoms with van der Waals surface area (Å²) in [6, 6.07) is 24.6. The van der Waals surface area contributed by atoms with Crippen LogP contribution >= 0.6 is 11.6 Å². The molecule has 2 heterocycles. The Morgan fingerprint density at radius 2 is 1.70 bits per heavy atom. The Kier molecular flexibility index (Phi) is 9.22. The molecular formula is C32H32ClN5O4S. The van der Waals surface area contributed by atoms with Crippen LogP contribution in [0.1, 0.15) is 42.5 Å². The smallest absolute Gasteiger partial charge is 0.261 e. The number of anilines is 1. The number of benzene rings is 3. The number of hydrogen-bond acceptors (Lipinski definition) is 8. The summed E-state index contributed by atoms with van der Waals surface area (Å²) in [6.07, 6.45) is 3.41. The van der Waals surface area contributed by atoms with Crippen molar-refractivity contribution in [3.05, 3.63) is 125 Å². The fourth-order valence-corrected chi connectivity index (χ4v) is 5.67. The van der Waals surface area contributed by atoms with E-state index in [9.17, 15) is 13.5 Å². The molecular weight excluding hydrogens is 586 g/mol. The molecule has 0 bridgehead atoms. The number of hydrogen-bond donors (Lipinski definition) is 3. The highest BCUT2D eigenvalue weighted by Gasteiger charge is 2.30. The first-order valence-electron chi connectivity index (χ1n) is 13.7. The second-order valence-corrected chi connectivity index (χ2v) is 12.8. The molecule has 0 radical (unpaired) electrons. The Morgan fingerprint density at radius 3 is 2.37 bits per heavy atom. The first-order valence-corrected chi connectivity index (χ1v) is 15.6. The van der Waals surface area contributed by atoms with Gasteiger partial charge >= 0.3 is 0 Å². The van der Waals surface area contributed by atoms with E-state index in [1.807, 2.05) is 56.3 Å². The first-order chi connectivity index (χ1) is 20.6. The summed E-state index contributed by atoms with van der Waals surface area (Å²) in [5, 5.41) is 18.2. The number of aliphatic hydroxyl groups excluding tert-OH is 1. The van der Waals surface area contributed by atoms with Crippen LogP contribution in [0.5, 0.6) is 0 Å². The van der Waals surface area contributed by atoms with Crippen molar-refractivity contribution in [3.63, 3.8) is 0 Å². The van der Waals surface area contributed by atoms with Crippen molar-refractivity contribution in [3.8, 4) is 11.4 Å². The molecule has 1 atom stereocenters. The first kappa shape index (κ1) is 30.4. The van der Waals surface area contributed by atoms with Crippen LogP contribution in [0.25, 0.3) is 11.4 Å². The van der Waals surface area contributed by atoms with Gasteiger partial charge in [-0.25, -0.2) is 8.42 Å². The number of sulfonamides is 1. The van der Waals surface area contributed by atoms with Crippen LogP contribution in [0.2, 0.25) is 5.02 Å². The molecule has 0 saturated carbocycles. The van der Waals surface area contributed by atoms with Gasteiger partial charge in [0, 0.05) is 40.8 Å². The molecule has 11 heteroatoms. The molecule has 9 nitrogen and oxygen atoms in total. The molecule has 0 amide bonds. The van der Waals surface area contributed by atoms with Crippen molar-refractivity contribution < 1.29 is 18.0 Å². The molecule has 5 rings (SSSR count). The Balaban J connectivity index is 1.16. The summed E-state index contributed by atoms with van der Waals surface area (Å²) in [4.78, 5) is 8.71. The minimum absolute atomic E-state index is 0.113. The van der Waals surface area contributed by atoms with Crippen LogP contribution in [0, 0.1) is 0 Å². The highest BCUT2D eigenvalue weighted by Crippen LogP contribution is 2.32. The van der Waals surface area contributed by atoms with E-state index < -0.39 is 21.5 Å². The minimum Gasteiger partial charge on any atom is -0.387 e. The van der Waals surface area contributed by atoms with Gasteiger partial charge in [-0.1, -0.05) is 47.1 Å². The van der Waals surface area contributed by atoms with Crippen molar-refractivity contribution in [2.45, 2.75) is 36.7 Å². The third kappa shape index (κ3) is 7.47. The highest BCUT2D eigenvalue weighted by atomic mass is 35.5. The summed E-state index contributed by atoms with van der Waals surface area (Å²) in [5.41, 5.74) is 3.32. The van der Waals surface area contributed by atoms with Crippen molar-refractivity contribution in [2.24, 2.45) is 0 Å². The highest BCUT2D eigenvalue weighted by molar-refractivity contribution is 7.92. The van der Waals surface area contributed by atoms with Crippen molar-refractivity contribution in [1.82, 2.24) is 20.4 Å². The molecule has 5 aromatic rings. The number of nitrogens with zero attached hydrogens (tertiary/aromatic N) is 3. The van der Waals surface area contributed by atoms with Crippen molar-refractivity contribution in [2.75, 3.05) is 17.8 Å². The van der Waals surface area contributed by atoms with Gasteiger partial charge in [0.15, 0.2) is 0 Å². The van der Waals surface area contributed by atoms with Crippen LogP contribution in [0.15, 0.2) is 107 Å².